The predicted molar refractivity (Wildman–Crippen MR) is 114 cm³/mol. The lowest BCUT2D eigenvalue weighted by atomic mass is 10.1. The van der Waals surface area contributed by atoms with Gasteiger partial charge in [0, 0.05) is 5.56 Å². The Bertz CT molecular complexity index is 1260. The Labute approximate surface area is 197 Å². The van der Waals surface area contributed by atoms with Crippen LogP contribution in [0.1, 0.15) is 69.8 Å². The fourth-order valence-electron chi connectivity index (χ4n) is 3.46. The molecule has 3 aromatic rings. The number of alkyl halides is 3. The van der Waals surface area contributed by atoms with Crippen molar-refractivity contribution in [1.82, 2.24) is 30.0 Å². The number of esters is 1. The van der Waals surface area contributed by atoms with Gasteiger partial charge in [-0.05, 0) is 56.4 Å². The van der Waals surface area contributed by atoms with Crippen molar-refractivity contribution in [2.24, 2.45) is 0 Å². The molecule has 2 heterocycles. The molecule has 0 spiro atoms. The van der Waals surface area contributed by atoms with E-state index in [0.717, 1.165) is 18.9 Å². The Morgan fingerprint density at radius 3 is 2.51 bits per heavy atom. The number of nitrogens with zero attached hydrogens (tertiary/aromatic N) is 5. The van der Waals surface area contributed by atoms with Crippen molar-refractivity contribution >= 4 is 11.9 Å². The summed E-state index contributed by atoms with van der Waals surface area (Å²) in [6.45, 7) is 3.29. The number of nitrogens with one attached hydrogen (secondary N) is 1. The van der Waals surface area contributed by atoms with E-state index in [2.05, 4.69) is 34.8 Å². The van der Waals surface area contributed by atoms with Crippen LogP contribution in [0.25, 0.3) is 5.82 Å². The predicted octanol–water partition coefficient (Wildman–Crippen LogP) is 3.42. The number of hydrogen-bond donors (Lipinski definition) is 1. The highest BCUT2D eigenvalue weighted by atomic mass is 19.4. The van der Waals surface area contributed by atoms with E-state index in [-0.39, 0.29) is 23.0 Å². The number of hydrogen-bond acceptors (Lipinski definition) is 8. The number of benzene rings is 1. The summed E-state index contributed by atoms with van der Waals surface area (Å²) in [4.78, 5) is 37.0. The number of amides is 1. The highest BCUT2D eigenvalue weighted by Crippen LogP contribution is 2.42. The zero-order valence-electron chi connectivity index (χ0n) is 19.0. The van der Waals surface area contributed by atoms with Crippen molar-refractivity contribution in [3.8, 4) is 11.6 Å². The molecule has 1 aliphatic carbocycles. The van der Waals surface area contributed by atoms with E-state index in [1.165, 1.54) is 30.3 Å². The van der Waals surface area contributed by atoms with E-state index >= 15 is 0 Å². The maximum Gasteiger partial charge on any atom is 0.573 e. The minimum atomic E-state index is -4.87. The quantitative estimate of drug-likeness (QED) is 0.500. The van der Waals surface area contributed by atoms with Crippen LogP contribution in [0.3, 0.4) is 0 Å². The van der Waals surface area contributed by atoms with Gasteiger partial charge >= 0.3 is 12.3 Å². The summed E-state index contributed by atoms with van der Waals surface area (Å²) >= 11 is 0. The molecule has 184 valence electrons. The summed E-state index contributed by atoms with van der Waals surface area (Å²) < 4.78 is 48.3. The highest BCUT2D eigenvalue weighted by Gasteiger charge is 2.33. The van der Waals surface area contributed by atoms with Crippen LogP contribution in [0.2, 0.25) is 0 Å². The molecule has 4 rings (SSSR count). The van der Waals surface area contributed by atoms with Crippen molar-refractivity contribution < 1.29 is 32.2 Å². The Kier molecular flexibility index (Phi) is 6.41. The molecule has 1 aliphatic rings. The van der Waals surface area contributed by atoms with Crippen LogP contribution in [-0.4, -0.2) is 50.1 Å². The maximum absolute atomic E-state index is 13.0. The monoisotopic (exact) mass is 490 g/mol. The topological polar surface area (TPSA) is 121 Å². The first kappa shape index (κ1) is 24.1. The molecular formula is C22H21F3N6O4. The van der Waals surface area contributed by atoms with Crippen molar-refractivity contribution in [3.63, 3.8) is 0 Å². The number of aryl methyl sites for hydroxylation is 1. The molecule has 13 heteroatoms. The lowest BCUT2D eigenvalue weighted by Gasteiger charge is -2.16. The van der Waals surface area contributed by atoms with Crippen LogP contribution in [0.4, 0.5) is 13.2 Å². The van der Waals surface area contributed by atoms with Gasteiger partial charge in [0.15, 0.2) is 17.3 Å². The second-order valence-electron chi connectivity index (χ2n) is 7.99. The third-order valence-corrected chi connectivity index (χ3v) is 5.20. The van der Waals surface area contributed by atoms with Gasteiger partial charge in [-0.2, -0.15) is 4.68 Å². The van der Waals surface area contributed by atoms with Crippen LogP contribution in [-0.2, 0) is 4.74 Å². The van der Waals surface area contributed by atoms with Gasteiger partial charge < -0.3 is 14.8 Å². The molecule has 1 atom stereocenters. The third kappa shape index (κ3) is 5.73. The average molecular weight is 490 g/mol. The minimum absolute atomic E-state index is 0.00316. The Morgan fingerprint density at radius 1 is 1.17 bits per heavy atom. The molecule has 0 radical (unpaired) electrons. The van der Waals surface area contributed by atoms with Crippen molar-refractivity contribution in [1.29, 1.82) is 0 Å². The molecule has 10 nitrogen and oxygen atoms in total. The molecule has 1 saturated carbocycles. The zero-order valence-corrected chi connectivity index (χ0v) is 19.0. The molecular weight excluding hydrogens is 469 g/mol. The summed E-state index contributed by atoms with van der Waals surface area (Å²) in [7, 11) is 1.22. The van der Waals surface area contributed by atoms with Crippen molar-refractivity contribution in [2.75, 3.05) is 7.11 Å². The largest absolute Gasteiger partial charge is 0.573 e. The zero-order chi connectivity index (χ0) is 25.3. The standard InChI is InChI=1S/C22H21F3N6O4/c1-11(19-29-12(2)30-31(19)18-10-26-17(9-27-18)21(33)34-3)28-20(32)15-6-14(13-4-5-13)7-16(8-15)35-22(23,24)25/h6-11,13H,4-5H2,1-3H3,(H,28,32)/t11-/m0/s1. The first-order valence-electron chi connectivity index (χ1n) is 10.6. The van der Waals surface area contributed by atoms with Crippen LogP contribution in [0.15, 0.2) is 30.6 Å². The summed E-state index contributed by atoms with van der Waals surface area (Å²) in [6, 6.07) is 3.22. The van der Waals surface area contributed by atoms with Crippen LogP contribution in [0.5, 0.6) is 5.75 Å². The maximum atomic E-state index is 13.0. The summed E-state index contributed by atoms with van der Waals surface area (Å²) in [5.41, 5.74) is 0.651. The second kappa shape index (κ2) is 9.31. The molecule has 35 heavy (non-hydrogen) atoms. The highest BCUT2D eigenvalue weighted by molar-refractivity contribution is 5.95. The number of ether oxygens (including phenoxy) is 2. The molecule has 1 N–H and O–H groups in total. The van der Waals surface area contributed by atoms with Gasteiger partial charge in [0.25, 0.3) is 5.91 Å². The number of carbonyl (C=O) groups excluding carboxylic acids is 2. The molecule has 2 aromatic heterocycles. The van der Waals surface area contributed by atoms with E-state index < -0.39 is 30.0 Å². The lowest BCUT2D eigenvalue weighted by molar-refractivity contribution is -0.274. The smallest absolute Gasteiger partial charge is 0.464 e. The number of methoxy groups -OCH3 is 1. The van der Waals surface area contributed by atoms with Crippen LogP contribution in [0, 0.1) is 6.92 Å². The number of rotatable bonds is 7. The van der Waals surface area contributed by atoms with E-state index in [9.17, 15) is 22.8 Å². The fourth-order valence-corrected chi connectivity index (χ4v) is 3.46. The number of halogens is 3. The van der Waals surface area contributed by atoms with Crippen LogP contribution < -0.4 is 10.1 Å². The van der Waals surface area contributed by atoms with E-state index in [1.807, 2.05) is 0 Å². The molecule has 0 bridgehead atoms. The van der Waals surface area contributed by atoms with Gasteiger partial charge in [-0.15, -0.1) is 18.3 Å². The van der Waals surface area contributed by atoms with Crippen LogP contribution >= 0.6 is 0 Å². The van der Waals surface area contributed by atoms with Gasteiger partial charge in [0.05, 0.1) is 25.5 Å². The molecule has 0 saturated heterocycles. The summed E-state index contributed by atoms with van der Waals surface area (Å²) in [5, 5.41) is 7.00. The SMILES string of the molecule is COC(=O)c1cnc(-n2nc(C)nc2[C@H](C)NC(=O)c2cc(OC(F)(F)F)cc(C3CC3)c2)cn1. The van der Waals surface area contributed by atoms with Gasteiger partial charge in [-0.1, -0.05) is 0 Å². The van der Waals surface area contributed by atoms with E-state index in [4.69, 9.17) is 0 Å². The summed E-state index contributed by atoms with van der Waals surface area (Å²) in [6.07, 6.45) is -0.674. The number of aromatic nitrogens is 5. The minimum Gasteiger partial charge on any atom is -0.464 e. The lowest BCUT2D eigenvalue weighted by Crippen LogP contribution is -2.29. The van der Waals surface area contributed by atoms with E-state index in [1.54, 1.807) is 19.9 Å². The Morgan fingerprint density at radius 2 is 1.91 bits per heavy atom. The van der Waals surface area contributed by atoms with Gasteiger partial charge in [-0.3, -0.25) is 4.79 Å². The first-order valence-corrected chi connectivity index (χ1v) is 10.6. The summed E-state index contributed by atoms with van der Waals surface area (Å²) in [5.74, 6) is -0.662. The molecule has 0 aliphatic heterocycles. The molecule has 1 amide bonds. The van der Waals surface area contributed by atoms with Crippen molar-refractivity contribution in [2.45, 2.75) is 45.0 Å². The average Bonchev–Trinajstić information content (AvgIpc) is 3.58. The number of carbonyl (C=O) groups is 2. The molecule has 0 unspecified atom stereocenters. The first-order chi connectivity index (χ1) is 16.5. The van der Waals surface area contributed by atoms with Gasteiger partial charge in [-0.25, -0.2) is 19.7 Å². The Hall–Kier alpha value is -4.03. The molecule has 1 fully saturated rings. The Balaban J connectivity index is 1.57. The van der Waals surface area contributed by atoms with Gasteiger partial charge in [0.1, 0.15) is 11.6 Å². The fraction of sp³-hybridized carbons (Fsp3) is 0.364. The van der Waals surface area contributed by atoms with E-state index in [0.29, 0.717) is 17.2 Å². The molecule has 1 aromatic carbocycles. The normalized spacial score (nSPS) is 14.3. The third-order valence-electron chi connectivity index (χ3n) is 5.20. The second-order valence-corrected chi connectivity index (χ2v) is 7.99. The van der Waals surface area contributed by atoms with Gasteiger partial charge in [0.2, 0.25) is 0 Å². The van der Waals surface area contributed by atoms with Crippen molar-refractivity contribution in [3.05, 3.63) is 59.1 Å².